The summed E-state index contributed by atoms with van der Waals surface area (Å²) < 4.78 is 5.37. The third-order valence-corrected chi connectivity index (χ3v) is 2.28. The molecule has 2 nitrogen and oxygen atoms in total. The molecule has 1 unspecified atom stereocenters. The van der Waals surface area contributed by atoms with E-state index in [-0.39, 0.29) is 6.10 Å². The average molecular weight is 241 g/mol. The summed E-state index contributed by atoms with van der Waals surface area (Å²) in [5.41, 5.74) is 1.19. The standard InChI is InChI=1S/C13H17ClO2/c1-10(14)9-16-13-7-5-12(6-8-13)4-3-11(2)15/h5-8,11,15H,1,3-4,9H2,2H3. The first-order valence-corrected chi connectivity index (χ1v) is 5.69. The van der Waals surface area contributed by atoms with Gasteiger partial charge in [0.05, 0.1) is 6.10 Å². The van der Waals surface area contributed by atoms with Crippen molar-refractivity contribution in [2.45, 2.75) is 25.9 Å². The summed E-state index contributed by atoms with van der Waals surface area (Å²) in [6.07, 6.45) is 1.40. The second-order valence-electron chi connectivity index (χ2n) is 3.84. The van der Waals surface area contributed by atoms with Crippen molar-refractivity contribution in [1.29, 1.82) is 0 Å². The van der Waals surface area contributed by atoms with Gasteiger partial charge in [0, 0.05) is 5.03 Å². The fourth-order valence-electron chi connectivity index (χ4n) is 1.29. The van der Waals surface area contributed by atoms with E-state index in [9.17, 15) is 0 Å². The summed E-state index contributed by atoms with van der Waals surface area (Å²) in [7, 11) is 0. The predicted molar refractivity (Wildman–Crippen MR) is 66.9 cm³/mol. The molecule has 1 aromatic rings. The number of hydrogen-bond acceptors (Lipinski definition) is 2. The maximum absolute atomic E-state index is 9.16. The molecule has 1 aromatic carbocycles. The quantitative estimate of drug-likeness (QED) is 0.828. The molecule has 0 bridgehead atoms. The molecular weight excluding hydrogens is 224 g/mol. The van der Waals surface area contributed by atoms with Crippen LogP contribution in [0.1, 0.15) is 18.9 Å². The minimum absolute atomic E-state index is 0.254. The minimum atomic E-state index is -0.254. The Morgan fingerprint density at radius 1 is 1.44 bits per heavy atom. The van der Waals surface area contributed by atoms with Crippen molar-refractivity contribution in [1.82, 2.24) is 0 Å². The van der Waals surface area contributed by atoms with Crippen LogP contribution in [0.15, 0.2) is 35.9 Å². The second-order valence-corrected chi connectivity index (χ2v) is 4.37. The van der Waals surface area contributed by atoms with Crippen LogP contribution in [0.5, 0.6) is 5.75 Å². The smallest absolute Gasteiger partial charge is 0.123 e. The molecule has 3 heteroatoms. The normalized spacial score (nSPS) is 12.2. The van der Waals surface area contributed by atoms with Gasteiger partial charge in [-0.2, -0.15) is 0 Å². The van der Waals surface area contributed by atoms with Crippen molar-refractivity contribution in [3.63, 3.8) is 0 Å². The van der Waals surface area contributed by atoms with Gasteiger partial charge in [0.25, 0.3) is 0 Å². The fourth-order valence-corrected chi connectivity index (χ4v) is 1.34. The lowest BCUT2D eigenvalue weighted by atomic mass is 10.1. The molecule has 0 fully saturated rings. The van der Waals surface area contributed by atoms with Gasteiger partial charge in [-0.3, -0.25) is 0 Å². The Morgan fingerprint density at radius 2 is 2.06 bits per heavy atom. The summed E-state index contributed by atoms with van der Waals surface area (Å²) >= 11 is 5.60. The van der Waals surface area contributed by atoms with Gasteiger partial charge in [0.1, 0.15) is 12.4 Å². The van der Waals surface area contributed by atoms with Gasteiger partial charge in [-0.15, -0.1) is 0 Å². The second kappa shape index (κ2) is 6.56. The van der Waals surface area contributed by atoms with E-state index in [0.717, 1.165) is 18.6 Å². The Balaban J connectivity index is 2.44. The molecule has 0 aliphatic heterocycles. The van der Waals surface area contributed by atoms with E-state index in [1.165, 1.54) is 5.56 Å². The molecule has 0 amide bonds. The summed E-state index contributed by atoms with van der Waals surface area (Å²) in [5, 5.41) is 9.65. The fraction of sp³-hybridized carbons (Fsp3) is 0.385. The number of rotatable bonds is 6. The van der Waals surface area contributed by atoms with Crippen LogP contribution < -0.4 is 4.74 Å². The van der Waals surface area contributed by atoms with E-state index in [4.69, 9.17) is 21.4 Å². The number of aliphatic hydroxyl groups excluding tert-OH is 1. The van der Waals surface area contributed by atoms with Gasteiger partial charge in [0.15, 0.2) is 0 Å². The zero-order chi connectivity index (χ0) is 12.0. The third kappa shape index (κ3) is 5.19. The van der Waals surface area contributed by atoms with Crippen molar-refractivity contribution < 1.29 is 9.84 Å². The average Bonchev–Trinajstić information content (AvgIpc) is 2.25. The van der Waals surface area contributed by atoms with Crippen LogP contribution >= 0.6 is 11.6 Å². The van der Waals surface area contributed by atoms with E-state index >= 15 is 0 Å². The molecule has 1 rings (SSSR count). The van der Waals surface area contributed by atoms with Crippen molar-refractivity contribution in [3.8, 4) is 5.75 Å². The molecule has 0 saturated heterocycles. The van der Waals surface area contributed by atoms with Gasteiger partial charge < -0.3 is 9.84 Å². The SMILES string of the molecule is C=C(Cl)COc1ccc(CCC(C)O)cc1. The van der Waals surface area contributed by atoms with Gasteiger partial charge >= 0.3 is 0 Å². The molecule has 0 aliphatic rings. The number of hydrogen-bond donors (Lipinski definition) is 1. The largest absolute Gasteiger partial charge is 0.488 e. The van der Waals surface area contributed by atoms with Crippen LogP contribution in [-0.4, -0.2) is 17.8 Å². The number of ether oxygens (including phenoxy) is 1. The lowest BCUT2D eigenvalue weighted by molar-refractivity contribution is 0.185. The van der Waals surface area contributed by atoms with Crippen LogP contribution in [0.2, 0.25) is 0 Å². The number of halogens is 1. The molecule has 88 valence electrons. The van der Waals surface area contributed by atoms with Crippen LogP contribution in [0.4, 0.5) is 0 Å². The Kier molecular flexibility index (Phi) is 5.36. The molecule has 1 N–H and O–H groups in total. The summed E-state index contributed by atoms with van der Waals surface area (Å²) in [4.78, 5) is 0. The molecule has 0 heterocycles. The lowest BCUT2D eigenvalue weighted by Gasteiger charge is -2.07. The first-order chi connectivity index (χ1) is 7.58. The molecule has 0 saturated carbocycles. The first-order valence-electron chi connectivity index (χ1n) is 5.31. The minimum Gasteiger partial charge on any atom is -0.488 e. The Hall–Kier alpha value is -0.990. The highest BCUT2D eigenvalue weighted by molar-refractivity contribution is 6.29. The highest BCUT2D eigenvalue weighted by atomic mass is 35.5. The van der Waals surface area contributed by atoms with E-state index in [2.05, 4.69) is 6.58 Å². The monoisotopic (exact) mass is 240 g/mol. The van der Waals surface area contributed by atoms with Crippen LogP contribution in [-0.2, 0) is 6.42 Å². The molecular formula is C13H17ClO2. The zero-order valence-electron chi connectivity index (χ0n) is 9.45. The van der Waals surface area contributed by atoms with Gasteiger partial charge in [-0.1, -0.05) is 30.3 Å². The summed E-state index contributed by atoms with van der Waals surface area (Å²) in [6.45, 7) is 5.67. The van der Waals surface area contributed by atoms with E-state index in [1.807, 2.05) is 24.3 Å². The number of aliphatic hydroxyl groups is 1. The summed E-state index contributed by atoms with van der Waals surface area (Å²) in [6, 6.07) is 7.79. The molecule has 1 atom stereocenters. The van der Waals surface area contributed by atoms with Crippen molar-refractivity contribution in [2.24, 2.45) is 0 Å². The summed E-state index contributed by atoms with van der Waals surface area (Å²) in [5.74, 6) is 0.780. The molecule has 0 aromatic heterocycles. The van der Waals surface area contributed by atoms with Crippen LogP contribution in [0.25, 0.3) is 0 Å². The maximum Gasteiger partial charge on any atom is 0.123 e. The highest BCUT2D eigenvalue weighted by Gasteiger charge is 1.99. The van der Waals surface area contributed by atoms with E-state index in [0.29, 0.717) is 11.6 Å². The molecule has 16 heavy (non-hydrogen) atoms. The van der Waals surface area contributed by atoms with Gasteiger partial charge in [-0.05, 0) is 37.5 Å². The van der Waals surface area contributed by atoms with Gasteiger partial charge in [-0.25, -0.2) is 0 Å². The Morgan fingerprint density at radius 3 is 2.56 bits per heavy atom. The first kappa shape index (κ1) is 13.1. The topological polar surface area (TPSA) is 29.5 Å². The predicted octanol–water partition coefficient (Wildman–Crippen LogP) is 3.13. The van der Waals surface area contributed by atoms with E-state index < -0.39 is 0 Å². The number of benzene rings is 1. The Bertz CT molecular complexity index is 330. The molecule has 0 aliphatic carbocycles. The van der Waals surface area contributed by atoms with Crippen molar-refractivity contribution in [2.75, 3.05) is 6.61 Å². The van der Waals surface area contributed by atoms with Gasteiger partial charge in [0.2, 0.25) is 0 Å². The third-order valence-electron chi connectivity index (χ3n) is 2.17. The lowest BCUT2D eigenvalue weighted by Crippen LogP contribution is -2.01. The van der Waals surface area contributed by atoms with Crippen molar-refractivity contribution >= 4 is 11.6 Å². The molecule has 0 radical (unpaired) electrons. The van der Waals surface area contributed by atoms with E-state index in [1.54, 1.807) is 6.92 Å². The zero-order valence-corrected chi connectivity index (χ0v) is 10.2. The van der Waals surface area contributed by atoms with Crippen molar-refractivity contribution in [3.05, 3.63) is 41.4 Å². The molecule has 0 spiro atoms. The maximum atomic E-state index is 9.16. The highest BCUT2D eigenvalue weighted by Crippen LogP contribution is 2.15. The van der Waals surface area contributed by atoms with Crippen LogP contribution in [0, 0.1) is 0 Å². The Labute approximate surface area is 102 Å². The van der Waals surface area contributed by atoms with Crippen LogP contribution in [0.3, 0.4) is 0 Å². The number of aryl methyl sites for hydroxylation is 1.